The Morgan fingerprint density at radius 3 is 2.66 bits per heavy atom. The highest BCUT2D eigenvalue weighted by Gasteiger charge is 2.42. The number of pyridine rings is 1. The summed E-state index contributed by atoms with van der Waals surface area (Å²) in [5.74, 6) is 0.218. The summed E-state index contributed by atoms with van der Waals surface area (Å²) >= 11 is 0. The molecular weight excluding hydrogens is 484 g/mol. The third-order valence-electron chi connectivity index (χ3n) is 6.45. The first-order chi connectivity index (χ1) is 18.0. The van der Waals surface area contributed by atoms with Crippen molar-refractivity contribution in [2.45, 2.75) is 31.9 Å². The van der Waals surface area contributed by atoms with Gasteiger partial charge < -0.3 is 30.7 Å². The summed E-state index contributed by atoms with van der Waals surface area (Å²) in [5, 5.41) is 4.42. The summed E-state index contributed by atoms with van der Waals surface area (Å²) in [6.45, 7) is 5.21. The predicted molar refractivity (Wildman–Crippen MR) is 145 cm³/mol. The number of likely N-dealkylation sites (N-methyl/N-ethyl adjacent to an activating group) is 2. The standard InChI is InChI=1S/C27H36N8O3/c1-17(2)38-25(36)19-15-30-26(32-24(19)18-16-31-35-10-8-7-9-21(18)35)27(29)14-20(28)22(13-23(27)37-6)34(5)12-11-33(3)4/h7-10,13,15-17H,11-12,14,28-29H2,1-6H3. The van der Waals surface area contributed by atoms with E-state index in [2.05, 4.69) is 19.9 Å². The summed E-state index contributed by atoms with van der Waals surface area (Å²) in [4.78, 5) is 26.6. The molecule has 0 aliphatic heterocycles. The van der Waals surface area contributed by atoms with E-state index in [1.807, 2.05) is 51.6 Å². The summed E-state index contributed by atoms with van der Waals surface area (Å²) < 4.78 is 13.0. The van der Waals surface area contributed by atoms with Crippen molar-refractivity contribution >= 4 is 11.5 Å². The van der Waals surface area contributed by atoms with Crippen molar-refractivity contribution in [1.82, 2.24) is 29.4 Å². The highest BCUT2D eigenvalue weighted by atomic mass is 16.5. The van der Waals surface area contributed by atoms with Crippen LogP contribution in [0.1, 0.15) is 36.5 Å². The molecule has 0 fully saturated rings. The molecule has 0 spiro atoms. The van der Waals surface area contributed by atoms with Gasteiger partial charge in [0.1, 0.15) is 16.9 Å². The van der Waals surface area contributed by atoms with Crippen LogP contribution in [0.25, 0.3) is 16.8 Å². The summed E-state index contributed by atoms with van der Waals surface area (Å²) in [7, 11) is 7.58. The van der Waals surface area contributed by atoms with E-state index in [1.54, 1.807) is 31.7 Å². The molecular formula is C27H36N8O3. The number of fused-ring (bicyclic) bond motifs is 1. The Morgan fingerprint density at radius 2 is 1.97 bits per heavy atom. The highest BCUT2D eigenvalue weighted by Crippen LogP contribution is 2.38. The number of aromatic nitrogens is 4. The molecule has 0 saturated carbocycles. The molecule has 1 aliphatic carbocycles. The van der Waals surface area contributed by atoms with E-state index in [0.717, 1.165) is 24.3 Å². The lowest BCUT2D eigenvalue weighted by molar-refractivity contribution is 0.0377. The van der Waals surface area contributed by atoms with Gasteiger partial charge in [-0.3, -0.25) is 0 Å². The van der Waals surface area contributed by atoms with Gasteiger partial charge in [0.25, 0.3) is 0 Å². The third kappa shape index (κ3) is 5.20. The summed E-state index contributed by atoms with van der Waals surface area (Å²) in [5.41, 5.74) is 15.7. The maximum Gasteiger partial charge on any atom is 0.342 e. The maximum absolute atomic E-state index is 13.0. The average molecular weight is 521 g/mol. The third-order valence-corrected chi connectivity index (χ3v) is 6.45. The van der Waals surface area contributed by atoms with Crippen LogP contribution in [0.4, 0.5) is 0 Å². The van der Waals surface area contributed by atoms with Gasteiger partial charge in [-0.25, -0.2) is 19.3 Å². The Kier molecular flexibility index (Phi) is 7.70. The molecule has 3 heterocycles. The first-order valence-electron chi connectivity index (χ1n) is 12.5. The Labute approximate surface area is 222 Å². The molecule has 1 atom stereocenters. The van der Waals surface area contributed by atoms with Crippen LogP contribution in [0.2, 0.25) is 0 Å². The Hall–Kier alpha value is -3.96. The fourth-order valence-electron chi connectivity index (χ4n) is 4.43. The van der Waals surface area contributed by atoms with E-state index >= 15 is 0 Å². The number of carbonyl (C=O) groups excluding carboxylic acids is 1. The smallest absolute Gasteiger partial charge is 0.342 e. The van der Waals surface area contributed by atoms with Crippen molar-refractivity contribution in [3.63, 3.8) is 0 Å². The number of allylic oxidation sites excluding steroid dienone is 1. The molecule has 3 aromatic rings. The van der Waals surface area contributed by atoms with E-state index < -0.39 is 11.5 Å². The SMILES string of the molecule is COC1=CC(N(C)CCN(C)C)=C(N)CC1(N)c1ncc(C(=O)OC(C)C)c(-c2cnn3ccccc23)n1. The lowest BCUT2D eigenvalue weighted by Gasteiger charge is -2.36. The first-order valence-corrected chi connectivity index (χ1v) is 12.5. The minimum atomic E-state index is -1.25. The fraction of sp³-hybridized carbons (Fsp3) is 0.407. The van der Waals surface area contributed by atoms with E-state index in [-0.39, 0.29) is 23.9 Å². The van der Waals surface area contributed by atoms with Crippen molar-refractivity contribution < 1.29 is 14.3 Å². The van der Waals surface area contributed by atoms with Crippen molar-refractivity contribution in [2.24, 2.45) is 11.5 Å². The van der Waals surface area contributed by atoms with Gasteiger partial charge in [0.15, 0.2) is 5.82 Å². The molecule has 1 unspecified atom stereocenters. The van der Waals surface area contributed by atoms with E-state index in [9.17, 15) is 4.79 Å². The van der Waals surface area contributed by atoms with E-state index in [0.29, 0.717) is 22.7 Å². The molecule has 0 radical (unpaired) electrons. The lowest BCUT2D eigenvalue weighted by atomic mass is 9.85. The Bertz CT molecular complexity index is 1390. The minimum absolute atomic E-state index is 0.219. The second-order valence-electron chi connectivity index (χ2n) is 9.99. The normalized spacial score (nSPS) is 17.8. The maximum atomic E-state index is 13.0. The van der Waals surface area contributed by atoms with Crippen molar-refractivity contribution in [2.75, 3.05) is 41.3 Å². The quantitative estimate of drug-likeness (QED) is 0.404. The number of carbonyl (C=O) groups is 1. The van der Waals surface area contributed by atoms with Crippen LogP contribution >= 0.6 is 0 Å². The number of hydrogen-bond acceptors (Lipinski definition) is 10. The lowest BCUT2D eigenvalue weighted by Crippen LogP contribution is -2.46. The van der Waals surface area contributed by atoms with Gasteiger partial charge in [0.2, 0.25) is 0 Å². The van der Waals surface area contributed by atoms with Crippen molar-refractivity contribution in [3.8, 4) is 11.3 Å². The molecule has 0 saturated heterocycles. The second-order valence-corrected chi connectivity index (χ2v) is 9.99. The zero-order valence-electron chi connectivity index (χ0n) is 22.8. The van der Waals surface area contributed by atoms with Gasteiger partial charge in [-0.1, -0.05) is 6.07 Å². The van der Waals surface area contributed by atoms with Gasteiger partial charge >= 0.3 is 5.97 Å². The molecule has 0 bridgehead atoms. The zero-order chi connectivity index (χ0) is 27.6. The van der Waals surface area contributed by atoms with Crippen LogP contribution in [-0.4, -0.2) is 82.8 Å². The summed E-state index contributed by atoms with van der Waals surface area (Å²) in [6, 6.07) is 5.67. The van der Waals surface area contributed by atoms with Crippen LogP contribution in [0, 0.1) is 0 Å². The number of rotatable bonds is 9. The monoisotopic (exact) mass is 520 g/mol. The summed E-state index contributed by atoms with van der Waals surface area (Å²) in [6.07, 6.45) is 6.71. The molecule has 38 heavy (non-hydrogen) atoms. The highest BCUT2D eigenvalue weighted by molar-refractivity contribution is 5.98. The van der Waals surface area contributed by atoms with Crippen molar-refractivity contribution in [1.29, 1.82) is 0 Å². The van der Waals surface area contributed by atoms with Gasteiger partial charge in [-0.15, -0.1) is 0 Å². The van der Waals surface area contributed by atoms with Gasteiger partial charge in [0, 0.05) is 56.3 Å². The molecule has 0 amide bonds. The average Bonchev–Trinajstić information content (AvgIpc) is 3.30. The Balaban J connectivity index is 1.81. The van der Waals surface area contributed by atoms with E-state index in [1.165, 1.54) is 6.20 Å². The molecule has 1 aliphatic rings. The number of ether oxygens (including phenoxy) is 2. The van der Waals surface area contributed by atoms with Crippen molar-refractivity contribution in [3.05, 3.63) is 71.4 Å². The van der Waals surface area contributed by atoms with Gasteiger partial charge in [-0.2, -0.15) is 5.10 Å². The number of methoxy groups -OCH3 is 1. The van der Waals surface area contributed by atoms with Crippen LogP contribution in [0.15, 0.2) is 60.0 Å². The van der Waals surface area contributed by atoms with Gasteiger partial charge in [0.05, 0.1) is 36.3 Å². The fourth-order valence-corrected chi connectivity index (χ4v) is 4.43. The zero-order valence-corrected chi connectivity index (χ0v) is 22.8. The largest absolute Gasteiger partial charge is 0.499 e. The molecule has 3 aromatic heterocycles. The topological polar surface area (TPSA) is 137 Å². The molecule has 11 heteroatoms. The van der Waals surface area contributed by atoms with Crippen LogP contribution in [0.3, 0.4) is 0 Å². The van der Waals surface area contributed by atoms with Gasteiger partial charge in [-0.05, 0) is 40.1 Å². The van der Waals surface area contributed by atoms with E-state index in [4.69, 9.17) is 25.9 Å². The number of esters is 1. The molecule has 0 aromatic carbocycles. The minimum Gasteiger partial charge on any atom is -0.499 e. The first kappa shape index (κ1) is 27.1. The molecule has 4 rings (SSSR count). The van der Waals surface area contributed by atoms with Crippen LogP contribution < -0.4 is 11.5 Å². The van der Waals surface area contributed by atoms with Crippen LogP contribution in [0.5, 0.6) is 0 Å². The number of nitrogens with zero attached hydrogens (tertiary/aromatic N) is 6. The predicted octanol–water partition coefficient (Wildman–Crippen LogP) is 2.11. The van der Waals surface area contributed by atoms with Crippen LogP contribution in [-0.2, 0) is 15.0 Å². The Morgan fingerprint density at radius 1 is 1.21 bits per heavy atom. The second kappa shape index (κ2) is 10.8. The number of nitrogens with two attached hydrogens (primary N) is 2. The molecule has 4 N–H and O–H groups in total. The molecule has 202 valence electrons. The number of hydrogen-bond donors (Lipinski definition) is 2. The molecule has 11 nitrogen and oxygen atoms in total.